The van der Waals surface area contributed by atoms with E-state index in [4.69, 9.17) is 4.84 Å². The molecule has 1 aromatic rings. The van der Waals surface area contributed by atoms with Gasteiger partial charge in [0.1, 0.15) is 12.7 Å². The highest BCUT2D eigenvalue weighted by molar-refractivity contribution is 5.89. The summed E-state index contributed by atoms with van der Waals surface area (Å²) >= 11 is 0. The van der Waals surface area contributed by atoms with E-state index in [1.54, 1.807) is 36.5 Å². The molecule has 0 aliphatic carbocycles. The number of benzene rings is 1. The van der Waals surface area contributed by atoms with E-state index in [-0.39, 0.29) is 18.4 Å². The quantitative estimate of drug-likeness (QED) is 0.799. The molecule has 0 aromatic heterocycles. The number of nitrogens with zero attached hydrogens (tertiary/aromatic N) is 3. The molecule has 0 spiro atoms. The van der Waals surface area contributed by atoms with Crippen LogP contribution in [0.1, 0.15) is 17.3 Å². The molecule has 2 amide bonds. The van der Waals surface area contributed by atoms with Crippen LogP contribution < -0.4 is 0 Å². The Bertz CT molecular complexity index is 659. The van der Waals surface area contributed by atoms with Crippen molar-refractivity contribution < 1.29 is 19.2 Å². The van der Waals surface area contributed by atoms with Gasteiger partial charge in [-0.25, -0.2) is 4.79 Å². The lowest BCUT2D eigenvalue weighted by Crippen LogP contribution is -2.63. The second-order valence-corrected chi connectivity index (χ2v) is 5.41. The van der Waals surface area contributed by atoms with Crippen LogP contribution >= 0.6 is 0 Å². The monoisotopic (exact) mass is 315 g/mol. The molecule has 0 N–H and O–H groups in total. The van der Waals surface area contributed by atoms with Crippen LogP contribution in [-0.2, 0) is 14.4 Å². The number of carbonyl (C=O) groups is 3. The highest BCUT2D eigenvalue weighted by atomic mass is 16.7. The van der Waals surface area contributed by atoms with E-state index in [1.807, 2.05) is 6.07 Å². The van der Waals surface area contributed by atoms with Crippen molar-refractivity contribution in [2.45, 2.75) is 13.1 Å². The van der Waals surface area contributed by atoms with Crippen molar-refractivity contribution in [2.24, 2.45) is 0 Å². The van der Waals surface area contributed by atoms with Gasteiger partial charge in [-0.3, -0.25) is 14.5 Å². The van der Waals surface area contributed by atoms with Gasteiger partial charge in [-0.05, 0) is 12.1 Å². The van der Waals surface area contributed by atoms with E-state index in [1.165, 1.54) is 21.8 Å². The maximum absolute atomic E-state index is 12.2. The van der Waals surface area contributed by atoms with Crippen LogP contribution in [0.2, 0.25) is 0 Å². The summed E-state index contributed by atoms with van der Waals surface area (Å²) in [5, 5.41) is 1.43. The SMILES string of the molecule is CC(=O)N1CC(=O)N2C=CCN(OC(=O)c3ccccc3)C2C1. The Morgan fingerprint density at radius 2 is 1.96 bits per heavy atom. The summed E-state index contributed by atoms with van der Waals surface area (Å²) in [4.78, 5) is 44.3. The van der Waals surface area contributed by atoms with Crippen molar-refractivity contribution >= 4 is 17.8 Å². The Morgan fingerprint density at radius 1 is 1.22 bits per heavy atom. The Hall–Kier alpha value is -2.67. The largest absolute Gasteiger partial charge is 0.361 e. The fraction of sp³-hybridized carbons (Fsp3) is 0.312. The molecule has 120 valence electrons. The third-order valence-electron chi connectivity index (χ3n) is 3.86. The fourth-order valence-electron chi connectivity index (χ4n) is 2.63. The van der Waals surface area contributed by atoms with Crippen molar-refractivity contribution in [1.29, 1.82) is 0 Å². The number of hydroxylamine groups is 2. The Kier molecular flexibility index (Phi) is 4.12. The predicted molar refractivity (Wildman–Crippen MR) is 80.6 cm³/mol. The molecule has 2 heterocycles. The molecular weight excluding hydrogens is 298 g/mol. The third kappa shape index (κ3) is 3.09. The molecule has 7 heteroatoms. The molecule has 0 bridgehead atoms. The summed E-state index contributed by atoms with van der Waals surface area (Å²) in [6.45, 7) is 2.12. The summed E-state index contributed by atoms with van der Waals surface area (Å²) in [6, 6.07) is 8.63. The van der Waals surface area contributed by atoms with E-state index in [9.17, 15) is 14.4 Å². The van der Waals surface area contributed by atoms with Crippen LogP contribution in [-0.4, -0.2) is 58.4 Å². The molecule has 3 rings (SSSR count). The van der Waals surface area contributed by atoms with Gasteiger partial charge in [0.05, 0.1) is 18.7 Å². The minimum Gasteiger partial charge on any atom is -0.361 e. The van der Waals surface area contributed by atoms with E-state index in [2.05, 4.69) is 0 Å². The summed E-state index contributed by atoms with van der Waals surface area (Å²) in [5.41, 5.74) is 0.430. The predicted octanol–water partition coefficient (Wildman–Crippen LogP) is 0.604. The van der Waals surface area contributed by atoms with Gasteiger partial charge in [-0.1, -0.05) is 24.3 Å². The first-order chi connectivity index (χ1) is 11.1. The number of carbonyl (C=O) groups excluding carboxylic acids is 3. The van der Waals surface area contributed by atoms with Crippen molar-refractivity contribution in [3.63, 3.8) is 0 Å². The number of fused-ring (bicyclic) bond motifs is 1. The van der Waals surface area contributed by atoms with Crippen molar-refractivity contribution in [1.82, 2.24) is 14.9 Å². The van der Waals surface area contributed by atoms with Gasteiger partial charge >= 0.3 is 5.97 Å². The lowest BCUT2D eigenvalue weighted by molar-refractivity contribution is -0.191. The second-order valence-electron chi connectivity index (χ2n) is 5.41. The first kappa shape index (κ1) is 15.2. The van der Waals surface area contributed by atoms with E-state index in [0.29, 0.717) is 18.7 Å². The van der Waals surface area contributed by atoms with Crippen molar-refractivity contribution in [3.8, 4) is 0 Å². The number of hydrogen-bond donors (Lipinski definition) is 0. The molecule has 0 radical (unpaired) electrons. The number of rotatable bonds is 2. The van der Waals surface area contributed by atoms with Gasteiger partial charge in [0.2, 0.25) is 11.8 Å². The summed E-state index contributed by atoms with van der Waals surface area (Å²) < 4.78 is 0. The zero-order valence-electron chi connectivity index (χ0n) is 12.7. The van der Waals surface area contributed by atoms with Crippen molar-refractivity contribution in [3.05, 3.63) is 48.2 Å². The summed E-state index contributed by atoms with van der Waals surface area (Å²) in [5.74, 6) is -0.872. The van der Waals surface area contributed by atoms with Crippen molar-refractivity contribution in [2.75, 3.05) is 19.6 Å². The van der Waals surface area contributed by atoms with Crippen LogP contribution in [0.5, 0.6) is 0 Å². The smallest absolute Gasteiger partial charge is 0.357 e. The zero-order valence-corrected chi connectivity index (χ0v) is 12.7. The first-order valence-electron chi connectivity index (χ1n) is 7.33. The second kappa shape index (κ2) is 6.21. The van der Waals surface area contributed by atoms with Gasteiger partial charge in [0, 0.05) is 13.1 Å². The number of hydrogen-bond acceptors (Lipinski definition) is 5. The molecule has 1 atom stereocenters. The summed E-state index contributed by atoms with van der Waals surface area (Å²) in [6.07, 6.45) is 2.92. The molecular formula is C16H17N3O4. The zero-order chi connectivity index (χ0) is 16.4. The maximum atomic E-state index is 12.2. The molecule has 1 aromatic carbocycles. The fourth-order valence-corrected chi connectivity index (χ4v) is 2.63. The first-order valence-corrected chi connectivity index (χ1v) is 7.33. The highest BCUT2D eigenvalue weighted by Crippen LogP contribution is 2.20. The Balaban J connectivity index is 1.77. The van der Waals surface area contributed by atoms with Crippen LogP contribution in [0.15, 0.2) is 42.6 Å². The van der Waals surface area contributed by atoms with E-state index < -0.39 is 12.1 Å². The number of amides is 2. The Morgan fingerprint density at radius 3 is 2.65 bits per heavy atom. The Labute approximate surface area is 133 Å². The van der Waals surface area contributed by atoms with Gasteiger partial charge in [-0.2, -0.15) is 0 Å². The lowest BCUT2D eigenvalue weighted by Gasteiger charge is -2.44. The van der Waals surface area contributed by atoms with Gasteiger partial charge < -0.3 is 9.74 Å². The van der Waals surface area contributed by atoms with Crippen LogP contribution in [0, 0.1) is 0 Å². The molecule has 1 fully saturated rings. The average molecular weight is 315 g/mol. The molecule has 7 nitrogen and oxygen atoms in total. The third-order valence-corrected chi connectivity index (χ3v) is 3.86. The minimum absolute atomic E-state index is 0.0383. The molecule has 0 saturated carbocycles. The normalized spacial score (nSPS) is 21.1. The summed E-state index contributed by atoms with van der Waals surface area (Å²) in [7, 11) is 0. The lowest BCUT2D eigenvalue weighted by atomic mass is 10.2. The van der Waals surface area contributed by atoms with Gasteiger partial charge in [0.15, 0.2) is 0 Å². The van der Waals surface area contributed by atoms with Gasteiger partial charge in [-0.15, -0.1) is 5.06 Å². The highest BCUT2D eigenvalue weighted by Gasteiger charge is 2.39. The molecule has 1 unspecified atom stereocenters. The molecule has 2 aliphatic heterocycles. The number of piperazine rings is 1. The van der Waals surface area contributed by atoms with Crippen LogP contribution in [0.25, 0.3) is 0 Å². The standard InChI is InChI=1S/C16H17N3O4/c1-12(20)17-10-14-18(15(21)11-17)8-5-9-19(14)23-16(22)13-6-3-2-4-7-13/h2-8,14H,9-11H2,1H3. The van der Waals surface area contributed by atoms with Gasteiger partial charge in [0.25, 0.3) is 0 Å². The maximum Gasteiger partial charge on any atom is 0.357 e. The van der Waals surface area contributed by atoms with E-state index >= 15 is 0 Å². The van der Waals surface area contributed by atoms with Crippen LogP contribution in [0.4, 0.5) is 0 Å². The minimum atomic E-state index is -0.502. The molecule has 23 heavy (non-hydrogen) atoms. The van der Waals surface area contributed by atoms with E-state index in [0.717, 1.165) is 0 Å². The molecule has 1 saturated heterocycles. The van der Waals surface area contributed by atoms with Crippen LogP contribution in [0.3, 0.4) is 0 Å². The average Bonchev–Trinajstić information content (AvgIpc) is 2.56. The molecule has 2 aliphatic rings. The topological polar surface area (TPSA) is 70.2 Å².